The number of carbonyl (C=O) groups excluding carboxylic acids is 2. The first-order chi connectivity index (χ1) is 9.58. The van der Waals surface area contributed by atoms with E-state index in [-0.39, 0.29) is 17.7 Å². The van der Waals surface area contributed by atoms with Crippen LogP contribution >= 0.6 is 0 Å². The smallest absolute Gasteiger partial charge is 0.271 e. The van der Waals surface area contributed by atoms with Gasteiger partial charge in [-0.25, -0.2) is 0 Å². The fourth-order valence-electron chi connectivity index (χ4n) is 2.14. The van der Waals surface area contributed by atoms with Crippen LogP contribution in [-0.2, 0) is 4.79 Å². The molecular formula is C14H20N4O2. The molecule has 2 heterocycles. The van der Waals surface area contributed by atoms with Crippen LogP contribution in [0.2, 0.25) is 0 Å². The van der Waals surface area contributed by atoms with Crippen LogP contribution in [0.5, 0.6) is 0 Å². The van der Waals surface area contributed by atoms with E-state index < -0.39 is 0 Å². The second-order valence-corrected chi connectivity index (χ2v) is 5.32. The Morgan fingerprint density at radius 3 is 2.80 bits per heavy atom. The van der Waals surface area contributed by atoms with Crippen molar-refractivity contribution >= 4 is 11.8 Å². The van der Waals surface area contributed by atoms with Gasteiger partial charge >= 0.3 is 0 Å². The molecule has 1 unspecified atom stereocenters. The van der Waals surface area contributed by atoms with Crippen molar-refractivity contribution in [3.63, 3.8) is 0 Å². The molecule has 108 valence electrons. The Bertz CT molecular complexity index is 484. The van der Waals surface area contributed by atoms with Crippen LogP contribution in [0.4, 0.5) is 0 Å². The highest BCUT2D eigenvalue weighted by molar-refractivity contribution is 5.92. The molecule has 0 spiro atoms. The summed E-state index contributed by atoms with van der Waals surface area (Å²) in [5.41, 5.74) is 1.18. The van der Waals surface area contributed by atoms with E-state index >= 15 is 0 Å². The van der Waals surface area contributed by atoms with Crippen LogP contribution in [0.1, 0.15) is 48.8 Å². The van der Waals surface area contributed by atoms with Gasteiger partial charge in [0.2, 0.25) is 5.91 Å². The van der Waals surface area contributed by atoms with Crippen molar-refractivity contribution in [3.8, 4) is 0 Å². The highest BCUT2D eigenvalue weighted by atomic mass is 16.2. The van der Waals surface area contributed by atoms with E-state index in [1.165, 1.54) is 0 Å². The van der Waals surface area contributed by atoms with E-state index in [1.54, 1.807) is 6.07 Å². The first-order valence-electron chi connectivity index (χ1n) is 6.97. The molecule has 1 saturated heterocycles. The minimum atomic E-state index is -0.244. The van der Waals surface area contributed by atoms with Gasteiger partial charge < -0.3 is 10.6 Å². The summed E-state index contributed by atoms with van der Waals surface area (Å²) >= 11 is 0. The Hall–Kier alpha value is -1.98. The SMILES string of the molecule is CC(C)c1ccc(C(=O)NCCC2CCNC2=O)nn1. The number of amides is 2. The molecule has 6 nitrogen and oxygen atoms in total. The Kier molecular flexibility index (Phi) is 4.65. The lowest BCUT2D eigenvalue weighted by Crippen LogP contribution is -2.28. The maximum Gasteiger partial charge on any atom is 0.271 e. The Morgan fingerprint density at radius 2 is 2.25 bits per heavy atom. The molecule has 0 aliphatic carbocycles. The largest absolute Gasteiger partial charge is 0.356 e. The van der Waals surface area contributed by atoms with Crippen LogP contribution in [0, 0.1) is 5.92 Å². The number of carbonyl (C=O) groups is 2. The third-order valence-electron chi connectivity index (χ3n) is 3.45. The highest BCUT2D eigenvalue weighted by Crippen LogP contribution is 2.13. The van der Waals surface area contributed by atoms with Gasteiger partial charge in [0.15, 0.2) is 5.69 Å². The standard InChI is InChI=1S/C14H20N4O2/c1-9(2)11-3-4-12(18-17-11)14(20)16-8-6-10-5-7-15-13(10)19/h3-4,9-10H,5-8H2,1-2H3,(H,15,19)(H,16,20). The normalized spacial score (nSPS) is 18.1. The summed E-state index contributed by atoms with van der Waals surface area (Å²) in [4.78, 5) is 23.2. The van der Waals surface area contributed by atoms with Crippen LogP contribution in [0.15, 0.2) is 12.1 Å². The first-order valence-corrected chi connectivity index (χ1v) is 6.97. The number of hydrogen-bond acceptors (Lipinski definition) is 4. The molecule has 0 bridgehead atoms. The highest BCUT2D eigenvalue weighted by Gasteiger charge is 2.23. The number of nitrogens with zero attached hydrogens (tertiary/aromatic N) is 2. The number of nitrogens with one attached hydrogen (secondary N) is 2. The molecule has 1 aromatic heterocycles. The molecule has 0 aromatic carbocycles. The Balaban J connectivity index is 1.81. The van der Waals surface area contributed by atoms with Crippen molar-refractivity contribution in [1.29, 1.82) is 0 Å². The summed E-state index contributed by atoms with van der Waals surface area (Å²) in [5, 5.41) is 13.5. The second-order valence-electron chi connectivity index (χ2n) is 5.32. The zero-order chi connectivity index (χ0) is 14.5. The predicted molar refractivity (Wildman–Crippen MR) is 74.2 cm³/mol. The van der Waals surface area contributed by atoms with Crippen LogP contribution in [0.3, 0.4) is 0 Å². The van der Waals surface area contributed by atoms with Gasteiger partial charge in [0.25, 0.3) is 5.91 Å². The topological polar surface area (TPSA) is 84.0 Å². The summed E-state index contributed by atoms with van der Waals surface area (Å²) in [5.74, 6) is 0.150. The summed E-state index contributed by atoms with van der Waals surface area (Å²) in [6.07, 6.45) is 1.51. The average Bonchev–Trinajstić information content (AvgIpc) is 2.84. The third kappa shape index (κ3) is 3.53. The van der Waals surface area contributed by atoms with Gasteiger partial charge in [0, 0.05) is 19.0 Å². The zero-order valence-electron chi connectivity index (χ0n) is 11.8. The monoisotopic (exact) mass is 276 g/mol. The quantitative estimate of drug-likeness (QED) is 0.835. The maximum absolute atomic E-state index is 11.9. The summed E-state index contributed by atoms with van der Waals surface area (Å²) in [6, 6.07) is 3.50. The Morgan fingerprint density at radius 1 is 1.45 bits per heavy atom. The van der Waals surface area contributed by atoms with Gasteiger partial charge in [-0.15, -0.1) is 5.10 Å². The Labute approximate surface area is 118 Å². The number of hydrogen-bond donors (Lipinski definition) is 2. The van der Waals surface area contributed by atoms with E-state index in [0.717, 1.165) is 18.7 Å². The summed E-state index contributed by atoms with van der Waals surface area (Å²) in [6.45, 7) is 5.26. The van der Waals surface area contributed by atoms with Crippen LogP contribution < -0.4 is 10.6 Å². The molecular weight excluding hydrogens is 256 g/mol. The van der Waals surface area contributed by atoms with E-state index in [4.69, 9.17) is 0 Å². The molecule has 2 rings (SSSR count). The first kappa shape index (κ1) is 14.4. The molecule has 1 aromatic rings. The van der Waals surface area contributed by atoms with Crippen molar-refractivity contribution in [2.75, 3.05) is 13.1 Å². The third-order valence-corrected chi connectivity index (χ3v) is 3.45. The molecule has 20 heavy (non-hydrogen) atoms. The lowest BCUT2D eigenvalue weighted by molar-refractivity contribution is -0.122. The summed E-state index contributed by atoms with van der Waals surface area (Å²) in [7, 11) is 0. The number of aromatic nitrogens is 2. The molecule has 1 fully saturated rings. The minimum absolute atomic E-state index is 0.0182. The van der Waals surface area contributed by atoms with Gasteiger partial charge in [0.05, 0.1) is 5.69 Å². The van der Waals surface area contributed by atoms with E-state index in [1.807, 2.05) is 19.9 Å². The minimum Gasteiger partial charge on any atom is -0.356 e. The second kappa shape index (κ2) is 6.45. The van der Waals surface area contributed by atoms with Crippen molar-refractivity contribution in [3.05, 3.63) is 23.5 Å². The van der Waals surface area contributed by atoms with Gasteiger partial charge in [-0.1, -0.05) is 13.8 Å². The van der Waals surface area contributed by atoms with Crippen LogP contribution in [-0.4, -0.2) is 35.1 Å². The van der Waals surface area contributed by atoms with E-state index in [9.17, 15) is 9.59 Å². The molecule has 0 saturated carbocycles. The van der Waals surface area contributed by atoms with Crippen molar-refractivity contribution in [2.24, 2.45) is 5.92 Å². The average molecular weight is 276 g/mol. The van der Waals surface area contributed by atoms with E-state index in [0.29, 0.717) is 24.6 Å². The predicted octanol–water partition coefficient (Wildman–Crippen LogP) is 0.856. The molecule has 2 N–H and O–H groups in total. The maximum atomic E-state index is 11.9. The number of rotatable bonds is 5. The zero-order valence-corrected chi connectivity index (χ0v) is 11.8. The molecule has 1 atom stereocenters. The van der Waals surface area contributed by atoms with Crippen molar-refractivity contribution in [2.45, 2.75) is 32.6 Å². The fourth-order valence-corrected chi connectivity index (χ4v) is 2.14. The lowest BCUT2D eigenvalue weighted by atomic mass is 10.0. The molecule has 1 aliphatic rings. The lowest BCUT2D eigenvalue weighted by Gasteiger charge is -2.08. The molecule has 0 radical (unpaired) electrons. The summed E-state index contributed by atoms with van der Waals surface area (Å²) < 4.78 is 0. The molecule has 1 aliphatic heterocycles. The fraction of sp³-hybridized carbons (Fsp3) is 0.571. The molecule has 2 amide bonds. The van der Waals surface area contributed by atoms with Gasteiger partial charge in [-0.3, -0.25) is 9.59 Å². The van der Waals surface area contributed by atoms with Crippen molar-refractivity contribution < 1.29 is 9.59 Å². The van der Waals surface area contributed by atoms with Crippen molar-refractivity contribution in [1.82, 2.24) is 20.8 Å². The van der Waals surface area contributed by atoms with Gasteiger partial charge in [0.1, 0.15) is 0 Å². The van der Waals surface area contributed by atoms with Gasteiger partial charge in [-0.05, 0) is 30.9 Å². The van der Waals surface area contributed by atoms with E-state index in [2.05, 4.69) is 20.8 Å². The van der Waals surface area contributed by atoms with Crippen LogP contribution in [0.25, 0.3) is 0 Å². The molecule has 6 heteroatoms. The van der Waals surface area contributed by atoms with Gasteiger partial charge in [-0.2, -0.15) is 5.10 Å².